The van der Waals surface area contributed by atoms with Gasteiger partial charge in [-0.1, -0.05) is 12.2 Å². The van der Waals surface area contributed by atoms with Crippen LogP contribution in [0.15, 0.2) is 12.2 Å². The molecule has 4 aliphatic carbocycles. The normalized spacial score (nSPS) is 57.2. The molecule has 4 saturated carbocycles. The quantitative estimate of drug-likeness (QED) is 0.410. The van der Waals surface area contributed by atoms with Gasteiger partial charge in [-0.15, -0.1) is 0 Å². The molecule has 6 fully saturated rings. The first kappa shape index (κ1) is 13.8. The summed E-state index contributed by atoms with van der Waals surface area (Å²) >= 11 is 0. The molecule has 23 heavy (non-hydrogen) atoms. The van der Waals surface area contributed by atoms with Crippen LogP contribution in [-0.4, -0.2) is 50.3 Å². The van der Waals surface area contributed by atoms with Crippen LogP contribution in [-0.2, 0) is 18.9 Å². The number of epoxide rings is 2. The van der Waals surface area contributed by atoms with E-state index in [1.165, 1.54) is 25.7 Å². The third-order valence-corrected chi connectivity index (χ3v) is 7.39. The summed E-state index contributed by atoms with van der Waals surface area (Å²) in [6.07, 6.45) is 12.3. The Morgan fingerprint density at radius 1 is 0.783 bits per heavy atom. The molecule has 0 spiro atoms. The van der Waals surface area contributed by atoms with E-state index in [1.807, 2.05) is 0 Å². The van der Waals surface area contributed by atoms with Crippen molar-refractivity contribution in [1.29, 1.82) is 0 Å². The minimum Gasteiger partial charge on any atom is -0.377 e. The highest BCUT2D eigenvalue weighted by atomic mass is 16.6. The molecule has 6 rings (SSSR count). The smallest absolute Gasteiger partial charge is 0.0897 e. The van der Waals surface area contributed by atoms with Gasteiger partial charge in [-0.05, 0) is 49.4 Å². The van der Waals surface area contributed by atoms with Crippen LogP contribution in [0.3, 0.4) is 0 Å². The molecule has 4 bridgehead atoms. The first-order valence-electron chi connectivity index (χ1n) is 9.54. The van der Waals surface area contributed by atoms with Crippen LogP contribution in [0, 0.1) is 29.6 Å². The van der Waals surface area contributed by atoms with Gasteiger partial charge in [-0.2, -0.15) is 0 Å². The van der Waals surface area contributed by atoms with Crippen molar-refractivity contribution in [2.24, 2.45) is 29.6 Å². The minimum atomic E-state index is 0.440. The molecular formula is C19H26O4. The van der Waals surface area contributed by atoms with E-state index in [1.54, 1.807) is 0 Å². The molecule has 4 heteroatoms. The predicted octanol–water partition coefficient (Wildman–Crippen LogP) is 2.17. The SMILES string of the molecule is C(=CCOC1CC2CC1C1OC21)COCC1CC2CC1C1OC21. The van der Waals surface area contributed by atoms with Crippen molar-refractivity contribution < 1.29 is 18.9 Å². The van der Waals surface area contributed by atoms with Crippen LogP contribution < -0.4 is 0 Å². The van der Waals surface area contributed by atoms with Crippen molar-refractivity contribution in [2.75, 3.05) is 19.8 Å². The van der Waals surface area contributed by atoms with Gasteiger partial charge in [0.25, 0.3) is 0 Å². The van der Waals surface area contributed by atoms with Crippen molar-refractivity contribution in [3.05, 3.63) is 12.2 Å². The Morgan fingerprint density at radius 2 is 1.52 bits per heavy atom. The average Bonchev–Trinajstić information content (AvgIpc) is 3.40. The zero-order valence-electron chi connectivity index (χ0n) is 13.5. The van der Waals surface area contributed by atoms with E-state index >= 15 is 0 Å². The fraction of sp³-hybridized carbons (Fsp3) is 0.895. The molecule has 0 radical (unpaired) electrons. The zero-order valence-corrected chi connectivity index (χ0v) is 13.5. The monoisotopic (exact) mass is 318 g/mol. The Hall–Kier alpha value is -0.420. The largest absolute Gasteiger partial charge is 0.377 e. The Bertz CT molecular complexity index is 519. The second-order valence-corrected chi connectivity index (χ2v) is 8.56. The number of hydrogen-bond donors (Lipinski definition) is 0. The van der Waals surface area contributed by atoms with Gasteiger partial charge in [-0.25, -0.2) is 0 Å². The van der Waals surface area contributed by atoms with Gasteiger partial charge in [0.2, 0.25) is 0 Å². The van der Waals surface area contributed by atoms with Gasteiger partial charge in [0, 0.05) is 5.92 Å². The van der Waals surface area contributed by atoms with Gasteiger partial charge < -0.3 is 18.9 Å². The Morgan fingerprint density at radius 3 is 2.26 bits per heavy atom. The molecule has 2 heterocycles. The summed E-state index contributed by atoms with van der Waals surface area (Å²) in [7, 11) is 0. The van der Waals surface area contributed by atoms with Crippen molar-refractivity contribution >= 4 is 0 Å². The van der Waals surface area contributed by atoms with E-state index in [2.05, 4.69) is 12.2 Å². The van der Waals surface area contributed by atoms with Crippen molar-refractivity contribution in [2.45, 2.75) is 56.2 Å². The van der Waals surface area contributed by atoms with Crippen LogP contribution in [0.5, 0.6) is 0 Å². The lowest BCUT2D eigenvalue weighted by Crippen LogP contribution is -2.25. The highest BCUT2D eigenvalue weighted by Crippen LogP contribution is 2.59. The van der Waals surface area contributed by atoms with E-state index in [9.17, 15) is 0 Å². The molecule has 10 atom stereocenters. The molecule has 2 saturated heterocycles. The molecule has 4 nitrogen and oxygen atoms in total. The molecular weight excluding hydrogens is 292 g/mol. The summed E-state index contributed by atoms with van der Waals surface area (Å²) in [5.41, 5.74) is 0. The van der Waals surface area contributed by atoms with Gasteiger partial charge in [0.15, 0.2) is 0 Å². The van der Waals surface area contributed by atoms with Crippen molar-refractivity contribution in [1.82, 2.24) is 0 Å². The van der Waals surface area contributed by atoms with Crippen LogP contribution in [0.25, 0.3) is 0 Å². The molecule has 126 valence electrons. The highest BCUT2D eigenvalue weighted by molar-refractivity contribution is 5.12. The van der Waals surface area contributed by atoms with Gasteiger partial charge >= 0.3 is 0 Å². The summed E-state index contributed by atoms with van der Waals surface area (Å²) in [6.45, 7) is 2.35. The van der Waals surface area contributed by atoms with Gasteiger partial charge in [0.05, 0.1) is 50.3 Å². The topological polar surface area (TPSA) is 43.5 Å². The maximum absolute atomic E-state index is 6.03. The van der Waals surface area contributed by atoms with Crippen LogP contribution in [0.1, 0.15) is 25.7 Å². The van der Waals surface area contributed by atoms with E-state index in [4.69, 9.17) is 18.9 Å². The lowest BCUT2D eigenvalue weighted by atomic mass is 9.89. The highest BCUT2D eigenvalue weighted by Gasteiger charge is 2.64. The van der Waals surface area contributed by atoms with Gasteiger partial charge in [0.1, 0.15) is 0 Å². The first-order chi connectivity index (χ1) is 11.4. The Labute approximate surface area is 137 Å². The summed E-state index contributed by atoms with van der Waals surface area (Å²) < 4.78 is 23.3. The summed E-state index contributed by atoms with van der Waals surface area (Å²) in [5.74, 6) is 3.86. The van der Waals surface area contributed by atoms with Gasteiger partial charge in [-0.3, -0.25) is 0 Å². The van der Waals surface area contributed by atoms with Crippen LogP contribution in [0.4, 0.5) is 0 Å². The standard InChI is InChI=1S/C19H26O4/c1(2-4-21-15-8-11-7-14(15)19-17(11)23-19)3-20-9-12-5-10-6-13(12)18-16(10)22-18/h1-2,10-19H,3-9H2. The fourth-order valence-corrected chi connectivity index (χ4v) is 6.26. The molecule has 0 aromatic heterocycles. The summed E-state index contributed by atoms with van der Waals surface area (Å²) in [5, 5.41) is 0. The second kappa shape index (κ2) is 5.04. The van der Waals surface area contributed by atoms with Crippen molar-refractivity contribution in [3.63, 3.8) is 0 Å². The molecule has 6 aliphatic rings. The maximum atomic E-state index is 6.03. The predicted molar refractivity (Wildman–Crippen MR) is 82.9 cm³/mol. The number of fused-ring (bicyclic) bond motifs is 10. The minimum absolute atomic E-state index is 0.440. The van der Waals surface area contributed by atoms with Crippen LogP contribution in [0.2, 0.25) is 0 Å². The molecule has 2 aliphatic heterocycles. The number of hydrogen-bond acceptors (Lipinski definition) is 4. The first-order valence-corrected chi connectivity index (χ1v) is 9.54. The van der Waals surface area contributed by atoms with E-state index < -0.39 is 0 Å². The molecule has 0 aromatic carbocycles. The zero-order chi connectivity index (χ0) is 15.0. The second-order valence-electron chi connectivity index (χ2n) is 8.56. The molecule has 0 amide bonds. The third kappa shape index (κ3) is 2.18. The average molecular weight is 318 g/mol. The lowest BCUT2D eigenvalue weighted by molar-refractivity contribution is 0.0345. The number of ether oxygens (including phenoxy) is 4. The third-order valence-electron chi connectivity index (χ3n) is 7.39. The van der Waals surface area contributed by atoms with E-state index in [-0.39, 0.29) is 0 Å². The Kier molecular flexibility index (Phi) is 3.03. The van der Waals surface area contributed by atoms with Crippen molar-refractivity contribution in [3.8, 4) is 0 Å². The number of rotatable bonds is 7. The van der Waals surface area contributed by atoms with Crippen LogP contribution >= 0.6 is 0 Å². The molecule has 10 unspecified atom stereocenters. The molecule has 0 aromatic rings. The maximum Gasteiger partial charge on any atom is 0.0897 e. The lowest BCUT2D eigenvalue weighted by Gasteiger charge is -2.19. The van der Waals surface area contributed by atoms with E-state index in [0.717, 1.165) is 43.5 Å². The summed E-state index contributed by atoms with van der Waals surface area (Å²) in [4.78, 5) is 0. The molecule has 0 N–H and O–H groups in total. The Balaban J connectivity index is 0.887. The van der Waals surface area contributed by atoms with E-state index in [0.29, 0.717) is 36.4 Å². The fourth-order valence-electron chi connectivity index (χ4n) is 6.26. The summed E-state index contributed by atoms with van der Waals surface area (Å²) in [6, 6.07) is 0.